The lowest BCUT2D eigenvalue weighted by Gasteiger charge is -2.07. The van der Waals surface area contributed by atoms with Crippen molar-refractivity contribution in [2.24, 2.45) is 0 Å². The predicted octanol–water partition coefficient (Wildman–Crippen LogP) is 1.93. The number of ketones is 1. The number of allylic oxidation sites excluding steroid dienone is 1. The Hall–Kier alpha value is -2.95. The second-order valence-corrected chi connectivity index (χ2v) is 4.68. The Morgan fingerprint density at radius 3 is 2.67 bits per heavy atom. The fourth-order valence-corrected chi connectivity index (χ4v) is 2.28. The maximum absolute atomic E-state index is 12.2. The van der Waals surface area contributed by atoms with Gasteiger partial charge in [0.05, 0.1) is 0 Å². The SMILES string of the molecule is O=C(Nc1ccncc1)C(=O)C1=CCc2ccc(O)cc21. The van der Waals surface area contributed by atoms with Crippen LogP contribution in [0.3, 0.4) is 0 Å². The minimum atomic E-state index is -0.705. The number of rotatable bonds is 3. The second-order valence-electron chi connectivity index (χ2n) is 4.68. The van der Waals surface area contributed by atoms with Gasteiger partial charge in [-0.1, -0.05) is 12.1 Å². The molecule has 2 aromatic rings. The summed E-state index contributed by atoms with van der Waals surface area (Å²) in [4.78, 5) is 28.1. The van der Waals surface area contributed by atoms with Gasteiger partial charge in [0.2, 0.25) is 0 Å². The summed E-state index contributed by atoms with van der Waals surface area (Å²) in [6.07, 6.45) is 5.35. The van der Waals surface area contributed by atoms with Crippen LogP contribution in [0.4, 0.5) is 5.69 Å². The van der Waals surface area contributed by atoms with Gasteiger partial charge in [-0.25, -0.2) is 0 Å². The lowest BCUT2D eigenvalue weighted by Crippen LogP contribution is -2.23. The third-order valence-corrected chi connectivity index (χ3v) is 3.30. The Kier molecular flexibility index (Phi) is 3.23. The van der Waals surface area contributed by atoms with E-state index >= 15 is 0 Å². The number of hydrogen-bond acceptors (Lipinski definition) is 4. The number of nitrogens with zero attached hydrogens (tertiary/aromatic N) is 1. The number of aromatic hydroxyl groups is 1. The molecular weight excluding hydrogens is 268 g/mol. The van der Waals surface area contributed by atoms with Gasteiger partial charge >= 0.3 is 0 Å². The summed E-state index contributed by atoms with van der Waals surface area (Å²) in [6, 6.07) is 8.03. The van der Waals surface area contributed by atoms with Gasteiger partial charge in [-0.05, 0) is 41.8 Å². The Balaban J connectivity index is 1.81. The Morgan fingerprint density at radius 2 is 1.90 bits per heavy atom. The van der Waals surface area contributed by atoms with Crippen molar-refractivity contribution in [2.45, 2.75) is 6.42 Å². The molecular formula is C16H12N2O3. The van der Waals surface area contributed by atoms with Crippen molar-refractivity contribution in [2.75, 3.05) is 5.32 Å². The van der Waals surface area contributed by atoms with Crippen LogP contribution in [0.15, 0.2) is 48.8 Å². The Labute approximate surface area is 121 Å². The van der Waals surface area contributed by atoms with Crippen LogP contribution in [0.2, 0.25) is 0 Å². The van der Waals surface area contributed by atoms with E-state index in [4.69, 9.17) is 0 Å². The number of aromatic nitrogens is 1. The monoisotopic (exact) mass is 280 g/mol. The molecule has 1 heterocycles. The third-order valence-electron chi connectivity index (χ3n) is 3.30. The molecule has 5 nitrogen and oxygen atoms in total. The summed E-state index contributed by atoms with van der Waals surface area (Å²) in [5, 5.41) is 12.1. The maximum Gasteiger partial charge on any atom is 0.296 e. The van der Waals surface area contributed by atoms with Gasteiger partial charge in [0.15, 0.2) is 0 Å². The molecule has 1 aliphatic rings. The van der Waals surface area contributed by atoms with Gasteiger partial charge in [0, 0.05) is 23.7 Å². The second kappa shape index (κ2) is 5.20. The molecule has 0 aliphatic heterocycles. The molecule has 0 atom stereocenters. The molecule has 1 aliphatic carbocycles. The van der Waals surface area contributed by atoms with E-state index in [1.807, 2.05) is 0 Å². The summed E-state index contributed by atoms with van der Waals surface area (Å²) < 4.78 is 0. The van der Waals surface area contributed by atoms with Crippen LogP contribution in [0.5, 0.6) is 5.75 Å². The molecule has 21 heavy (non-hydrogen) atoms. The zero-order chi connectivity index (χ0) is 14.8. The number of phenols is 1. The Morgan fingerprint density at radius 1 is 1.14 bits per heavy atom. The number of Topliss-reactive ketones (excluding diaryl/α,β-unsaturated/α-hetero) is 1. The summed E-state index contributed by atoms with van der Waals surface area (Å²) in [6.45, 7) is 0. The number of hydrogen-bond donors (Lipinski definition) is 2. The van der Waals surface area contributed by atoms with Crippen LogP contribution in [0.25, 0.3) is 5.57 Å². The summed E-state index contributed by atoms with van der Waals surface area (Å²) >= 11 is 0. The fraction of sp³-hybridized carbons (Fsp3) is 0.0625. The van der Waals surface area contributed by atoms with Gasteiger partial charge < -0.3 is 10.4 Å². The average molecular weight is 280 g/mol. The number of benzene rings is 1. The highest BCUT2D eigenvalue weighted by molar-refractivity contribution is 6.56. The molecule has 2 N–H and O–H groups in total. The van der Waals surface area contributed by atoms with Gasteiger partial charge in [0.25, 0.3) is 11.7 Å². The number of carbonyl (C=O) groups excluding carboxylic acids is 2. The molecule has 1 amide bonds. The molecule has 0 unspecified atom stereocenters. The number of phenolic OH excluding ortho intramolecular Hbond substituents is 1. The molecule has 0 saturated heterocycles. The number of carbonyl (C=O) groups is 2. The maximum atomic E-state index is 12.2. The fourth-order valence-electron chi connectivity index (χ4n) is 2.28. The number of pyridine rings is 1. The van der Waals surface area contributed by atoms with Crippen LogP contribution >= 0.6 is 0 Å². The van der Waals surface area contributed by atoms with Crippen LogP contribution in [0.1, 0.15) is 11.1 Å². The number of fused-ring (bicyclic) bond motifs is 1. The van der Waals surface area contributed by atoms with Crippen molar-refractivity contribution >= 4 is 23.0 Å². The molecule has 1 aromatic heterocycles. The molecule has 0 spiro atoms. The van der Waals surface area contributed by atoms with E-state index < -0.39 is 11.7 Å². The topological polar surface area (TPSA) is 79.3 Å². The van der Waals surface area contributed by atoms with Crippen LogP contribution in [0, 0.1) is 0 Å². The molecule has 0 fully saturated rings. The van der Waals surface area contributed by atoms with Crippen LogP contribution in [-0.2, 0) is 16.0 Å². The van der Waals surface area contributed by atoms with E-state index in [-0.39, 0.29) is 5.75 Å². The van der Waals surface area contributed by atoms with Gasteiger partial charge in [-0.3, -0.25) is 14.6 Å². The third kappa shape index (κ3) is 2.53. The van der Waals surface area contributed by atoms with E-state index in [2.05, 4.69) is 10.3 Å². The van der Waals surface area contributed by atoms with E-state index in [0.29, 0.717) is 23.2 Å². The highest BCUT2D eigenvalue weighted by atomic mass is 16.3. The first-order valence-corrected chi connectivity index (χ1v) is 6.43. The highest BCUT2D eigenvalue weighted by Gasteiger charge is 2.25. The molecule has 104 valence electrons. The van der Waals surface area contributed by atoms with Gasteiger partial charge in [0.1, 0.15) is 5.75 Å². The Bertz CT molecular complexity index is 751. The molecule has 5 heteroatoms. The van der Waals surface area contributed by atoms with Gasteiger partial charge in [-0.15, -0.1) is 0 Å². The smallest absolute Gasteiger partial charge is 0.296 e. The van der Waals surface area contributed by atoms with Crippen molar-refractivity contribution in [3.05, 3.63) is 59.9 Å². The van der Waals surface area contributed by atoms with Gasteiger partial charge in [-0.2, -0.15) is 0 Å². The molecule has 0 saturated carbocycles. The van der Waals surface area contributed by atoms with Crippen molar-refractivity contribution in [1.29, 1.82) is 0 Å². The van der Waals surface area contributed by atoms with E-state index in [9.17, 15) is 14.7 Å². The minimum Gasteiger partial charge on any atom is -0.508 e. The summed E-state index contributed by atoms with van der Waals surface area (Å²) in [5.41, 5.74) is 2.38. The summed E-state index contributed by atoms with van der Waals surface area (Å²) in [5.74, 6) is -1.25. The quantitative estimate of drug-likeness (QED) is 0.842. The highest BCUT2D eigenvalue weighted by Crippen LogP contribution is 2.31. The first-order valence-electron chi connectivity index (χ1n) is 6.43. The average Bonchev–Trinajstić information content (AvgIpc) is 2.90. The molecule has 0 bridgehead atoms. The number of nitrogens with one attached hydrogen (secondary N) is 1. The van der Waals surface area contributed by atoms with Crippen molar-refractivity contribution in [3.8, 4) is 5.75 Å². The van der Waals surface area contributed by atoms with Crippen molar-refractivity contribution in [3.63, 3.8) is 0 Å². The first kappa shape index (κ1) is 13.1. The molecule has 3 rings (SSSR count). The minimum absolute atomic E-state index is 0.0730. The predicted molar refractivity (Wildman–Crippen MR) is 77.7 cm³/mol. The normalized spacial score (nSPS) is 12.5. The lowest BCUT2D eigenvalue weighted by molar-refractivity contribution is -0.131. The number of amides is 1. The zero-order valence-corrected chi connectivity index (χ0v) is 11.0. The van der Waals surface area contributed by atoms with E-state index in [0.717, 1.165) is 5.56 Å². The van der Waals surface area contributed by atoms with Crippen molar-refractivity contribution < 1.29 is 14.7 Å². The van der Waals surface area contributed by atoms with Crippen LogP contribution < -0.4 is 5.32 Å². The zero-order valence-electron chi connectivity index (χ0n) is 11.0. The van der Waals surface area contributed by atoms with E-state index in [1.165, 1.54) is 18.5 Å². The standard InChI is InChI=1S/C16H12N2O3/c19-12-3-1-10-2-4-13(14(10)9-12)15(20)16(21)18-11-5-7-17-8-6-11/h1,3-9,19H,2H2,(H,17,18,21). The number of anilines is 1. The van der Waals surface area contributed by atoms with E-state index in [1.54, 1.807) is 30.3 Å². The summed E-state index contributed by atoms with van der Waals surface area (Å²) in [7, 11) is 0. The van der Waals surface area contributed by atoms with Crippen molar-refractivity contribution in [1.82, 2.24) is 4.98 Å². The lowest BCUT2D eigenvalue weighted by atomic mass is 10.0. The van der Waals surface area contributed by atoms with Crippen LogP contribution in [-0.4, -0.2) is 21.8 Å². The molecule has 1 aromatic carbocycles. The first-order chi connectivity index (χ1) is 10.1. The molecule has 0 radical (unpaired) electrons. The largest absolute Gasteiger partial charge is 0.508 e.